The van der Waals surface area contributed by atoms with Gasteiger partial charge >= 0.3 is 0 Å². The van der Waals surface area contributed by atoms with Crippen molar-refractivity contribution in [2.45, 2.75) is 19.3 Å². The van der Waals surface area contributed by atoms with Gasteiger partial charge < -0.3 is 20.0 Å². The first kappa shape index (κ1) is 20.8. The normalized spacial score (nSPS) is 21.5. The van der Waals surface area contributed by atoms with Crippen molar-refractivity contribution in [1.29, 1.82) is 0 Å². The molecular formula is C21H34N8O. The van der Waals surface area contributed by atoms with Gasteiger partial charge in [0.2, 0.25) is 11.9 Å². The van der Waals surface area contributed by atoms with Crippen LogP contribution < -0.4 is 10.2 Å². The van der Waals surface area contributed by atoms with Crippen LogP contribution in [0.25, 0.3) is 0 Å². The highest BCUT2D eigenvalue weighted by atomic mass is 16.2. The Morgan fingerprint density at radius 1 is 1.03 bits per heavy atom. The van der Waals surface area contributed by atoms with Gasteiger partial charge in [-0.3, -0.25) is 14.7 Å². The summed E-state index contributed by atoms with van der Waals surface area (Å²) in [4.78, 5) is 34.6. The highest BCUT2D eigenvalue weighted by molar-refractivity contribution is 5.80. The van der Waals surface area contributed by atoms with Crippen LogP contribution in [0.4, 0.5) is 5.95 Å². The molecule has 1 aromatic heterocycles. The maximum atomic E-state index is 12.4. The predicted molar refractivity (Wildman–Crippen MR) is 118 cm³/mol. The third-order valence-electron chi connectivity index (χ3n) is 6.48. The number of aliphatic imine (C=N–C) groups is 1. The van der Waals surface area contributed by atoms with Gasteiger partial charge in [0, 0.05) is 90.8 Å². The first-order valence-corrected chi connectivity index (χ1v) is 11.2. The van der Waals surface area contributed by atoms with Crippen LogP contribution in [-0.4, -0.2) is 109 Å². The number of hydrogen-bond donors (Lipinski definition) is 1. The van der Waals surface area contributed by atoms with E-state index in [0.717, 1.165) is 90.2 Å². The number of rotatable bonds is 5. The van der Waals surface area contributed by atoms with Crippen molar-refractivity contribution in [1.82, 2.24) is 30.0 Å². The molecule has 3 heterocycles. The fourth-order valence-electron chi connectivity index (χ4n) is 4.34. The Bertz CT molecular complexity index is 707. The third kappa shape index (κ3) is 5.00. The molecule has 3 aliphatic rings. The van der Waals surface area contributed by atoms with Gasteiger partial charge in [0.05, 0.1) is 0 Å². The molecule has 1 N–H and O–H groups in total. The number of nitrogens with zero attached hydrogens (tertiary/aromatic N) is 7. The summed E-state index contributed by atoms with van der Waals surface area (Å²) in [5.41, 5.74) is 0. The van der Waals surface area contributed by atoms with Crippen molar-refractivity contribution < 1.29 is 4.79 Å². The van der Waals surface area contributed by atoms with Crippen molar-refractivity contribution >= 4 is 17.8 Å². The second-order valence-corrected chi connectivity index (χ2v) is 8.29. The van der Waals surface area contributed by atoms with Gasteiger partial charge in [0.1, 0.15) is 0 Å². The standard InChI is InChI=1S/C21H34N8O/c1-22-20(28-14-16-29(17-15-28)21-23-6-3-7-24-21)25-8-9-26-10-12-27(13-11-26)19(30)18-4-2-5-18/h3,6-7,18H,2,4-5,8-17H2,1H3,(H,22,25). The number of aromatic nitrogens is 2. The zero-order chi connectivity index (χ0) is 20.8. The molecule has 0 bridgehead atoms. The van der Waals surface area contributed by atoms with Crippen molar-refractivity contribution in [2.24, 2.45) is 10.9 Å². The van der Waals surface area contributed by atoms with Gasteiger partial charge in [-0.1, -0.05) is 6.42 Å². The Morgan fingerprint density at radius 2 is 1.70 bits per heavy atom. The molecule has 0 radical (unpaired) electrons. The van der Waals surface area contributed by atoms with Crippen molar-refractivity contribution in [2.75, 3.05) is 77.4 Å². The van der Waals surface area contributed by atoms with Crippen LogP contribution in [0, 0.1) is 5.92 Å². The quantitative estimate of drug-likeness (QED) is 0.541. The van der Waals surface area contributed by atoms with Gasteiger partial charge in [0.15, 0.2) is 5.96 Å². The average Bonchev–Trinajstić information content (AvgIpc) is 2.77. The van der Waals surface area contributed by atoms with Gasteiger partial charge in [-0.15, -0.1) is 0 Å². The maximum absolute atomic E-state index is 12.4. The summed E-state index contributed by atoms with van der Waals surface area (Å²) in [6, 6.07) is 1.84. The Morgan fingerprint density at radius 3 is 2.30 bits per heavy atom. The SMILES string of the molecule is CN=C(NCCN1CCN(C(=O)C2CCC2)CC1)N1CCN(c2ncccn2)CC1. The van der Waals surface area contributed by atoms with Crippen molar-refractivity contribution in [3.05, 3.63) is 18.5 Å². The van der Waals surface area contributed by atoms with Gasteiger partial charge in [0.25, 0.3) is 0 Å². The van der Waals surface area contributed by atoms with E-state index in [0.29, 0.717) is 11.8 Å². The summed E-state index contributed by atoms with van der Waals surface area (Å²) in [7, 11) is 1.85. The smallest absolute Gasteiger partial charge is 0.225 e. The first-order valence-electron chi connectivity index (χ1n) is 11.2. The second-order valence-electron chi connectivity index (χ2n) is 8.29. The number of guanidine groups is 1. The number of hydrogen-bond acceptors (Lipinski definition) is 6. The first-order chi connectivity index (χ1) is 14.7. The number of piperazine rings is 2. The lowest BCUT2D eigenvalue weighted by Crippen LogP contribution is -2.55. The van der Waals surface area contributed by atoms with Gasteiger partial charge in [-0.25, -0.2) is 9.97 Å². The van der Waals surface area contributed by atoms with Crippen LogP contribution >= 0.6 is 0 Å². The molecule has 164 valence electrons. The number of amides is 1. The number of carbonyl (C=O) groups is 1. The van der Waals surface area contributed by atoms with Crippen LogP contribution in [0.15, 0.2) is 23.5 Å². The molecule has 0 aromatic carbocycles. The molecule has 3 fully saturated rings. The van der Waals surface area contributed by atoms with E-state index >= 15 is 0 Å². The molecule has 1 amide bonds. The molecule has 0 atom stereocenters. The Hall–Kier alpha value is -2.42. The lowest BCUT2D eigenvalue weighted by Gasteiger charge is -2.39. The van der Waals surface area contributed by atoms with Crippen molar-refractivity contribution in [3.63, 3.8) is 0 Å². The fourth-order valence-corrected chi connectivity index (χ4v) is 4.34. The molecule has 30 heavy (non-hydrogen) atoms. The highest BCUT2D eigenvalue weighted by Gasteiger charge is 2.31. The minimum atomic E-state index is 0.315. The Labute approximate surface area is 179 Å². The molecule has 0 unspecified atom stereocenters. The molecule has 1 saturated carbocycles. The average molecular weight is 415 g/mol. The monoisotopic (exact) mass is 414 g/mol. The van der Waals surface area contributed by atoms with Crippen LogP contribution in [0.2, 0.25) is 0 Å². The zero-order valence-electron chi connectivity index (χ0n) is 18.0. The summed E-state index contributed by atoms with van der Waals surface area (Å²) >= 11 is 0. The van der Waals surface area contributed by atoms with Crippen LogP contribution in [-0.2, 0) is 4.79 Å². The second kappa shape index (κ2) is 10.1. The zero-order valence-corrected chi connectivity index (χ0v) is 18.0. The number of carbonyl (C=O) groups excluding carboxylic acids is 1. The molecule has 1 aliphatic carbocycles. The summed E-state index contributed by atoms with van der Waals surface area (Å²) in [6.45, 7) is 9.10. The number of anilines is 1. The molecule has 2 aliphatic heterocycles. The summed E-state index contributed by atoms with van der Waals surface area (Å²) < 4.78 is 0. The third-order valence-corrected chi connectivity index (χ3v) is 6.48. The van der Waals surface area contributed by atoms with E-state index in [1.165, 1.54) is 6.42 Å². The van der Waals surface area contributed by atoms with Crippen molar-refractivity contribution in [3.8, 4) is 0 Å². The minimum Gasteiger partial charge on any atom is -0.355 e. The lowest BCUT2D eigenvalue weighted by molar-refractivity contribution is -0.139. The molecular weight excluding hydrogens is 380 g/mol. The largest absolute Gasteiger partial charge is 0.355 e. The van der Waals surface area contributed by atoms with Gasteiger partial charge in [-0.2, -0.15) is 0 Å². The van der Waals surface area contributed by atoms with E-state index < -0.39 is 0 Å². The maximum Gasteiger partial charge on any atom is 0.225 e. The van der Waals surface area contributed by atoms with E-state index in [4.69, 9.17) is 0 Å². The molecule has 1 aromatic rings. The van der Waals surface area contributed by atoms with Gasteiger partial charge in [-0.05, 0) is 18.9 Å². The van der Waals surface area contributed by atoms with E-state index in [1.807, 2.05) is 13.1 Å². The summed E-state index contributed by atoms with van der Waals surface area (Å²) in [5, 5.41) is 3.52. The predicted octanol–water partition coefficient (Wildman–Crippen LogP) is 0.118. The highest BCUT2D eigenvalue weighted by Crippen LogP contribution is 2.28. The lowest BCUT2D eigenvalue weighted by atomic mass is 9.84. The van der Waals surface area contributed by atoms with Crippen LogP contribution in [0.3, 0.4) is 0 Å². The number of nitrogens with one attached hydrogen (secondary N) is 1. The minimum absolute atomic E-state index is 0.315. The fraction of sp³-hybridized carbons (Fsp3) is 0.714. The summed E-state index contributed by atoms with van der Waals surface area (Å²) in [5.74, 6) is 2.47. The van der Waals surface area contributed by atoms with E-state index in [2.05, 4.69) is 39.9 Å². The Kier molecular flexibility index (Phi) is 6.99. The molecule has 2 saturated heterocycles. The van der Waals surface area contributed by atoms with Crippen LogP contribution in [0.1, 0.15) is 19.3 Å². The van der Waals surface area contributed by atoms with E-state index in [9.17, 15) is 4.79 Å². The Balaban J connectivity index is 1.15. The van der Waals surface area contributed by atoms with E-state index in [1.54, 1.807) is 12.4 Å². The molecule has 9 nitrogen and oxygen atoms in total. The molecule has 0 spiro atoms. The van der Waals surface area contributed by atoms with E-state index in [-0.39, 0.29) is 0 Å². The summed E-state index contributed by atoms with van der Waals surface area (Å²) in [6.07, 6.45) is 6.98. The molecule has 4 rings (SSSR count). The topological polar surface area (TPSA) is 80.2 Å². The van der Waals surface area contributed by atoms with Crippen LogP contribution in [0.5, 0.6) is 0 Å². The molecule has 9 heteroatoms.